The molecule has 1 rings (SSSR count). The molecule has 0 aromatic carbocycles. The van der Waals surface area contributed by atoms with Crippen LogP contribution >= 0.6 is 11.6 Å². The van der Waals surface area contributed by atoms with Crippen LogP contribution < -0.4 is 0 Å². The number of rotatable bonds is 6. The second-order valence-electron chi connectivity index (χ2n) is 4.73. The minimum atomic E-state index is -0.842. The van der Waals surface area contributed by atoms with Gasteiger partial charge in [0.05, 0.1) is 11.2 Å². The smallest absolute Gasteiger partial charge is 0.213 e. The molecule has 1 unspecified atom stereocenters. The van der Waals surface area contributed by atoms with Gasteiger partial charge in [0.1, 0.15) is 11.3 Å². The SMILES string of the molecule is CCOC(C)(CC)C(=O)c1c(Cl)cnn1C(C)C. The third kappa shape index (κ3) is 2.75. The summed E-state index contributed by atoms with van der Waals surface area (Å²) in [5.41, 5.74) is -0.408. The molecule has 0 amide bonds. The number of hydrogen-bond acceptors (Lipinski definition) is 3. The predicted octanol–water partition coefficient (Wildman–Crippen LogP) is 3.51. The fourth-order valence-corrected chi connectivity index (χ4v) is 2.06. The van der Waals surface area contributed by atoms with Gasteiger partial charge in [-0.3, -0.25) is 9.48 Å². The first-order valence-corrected chi connectivity index (χ1v) is 6.67. The van der Waals surface area contributed by atoms with Gasteiger partial charge in [-0.2, -0.15) is 5.10 Å². The Morgan fingerprint density at radius 1 is 1.56 bits per heavy atom. The summed E-state index contributed by atoms with van der Waals surface area (Å²) in [4.78, 5) is 12.6. The zero-order valence-electron chi connectivity index (χ0n) is 11.7. The molecule has 5 heteroatoms. The number of Topliss-reactive ketones (excluding diaryl/α,β-unsaturated/α-hetero) is 1. The maximum absolute atomic E-state index is 12.6. The molecule has 18 heavy (non-hydrogen) atoms. The molecule has 4 nitrogen and oxygen atoms in total. The largest absolute Gasteiger partial charge is 0.367 e. The van der Waals surface area contributed by atoms with Gasteiger partial charge in [0, 0.05) is 12.6 Å². The molecule has 0 saturated carbocycles. The Labute approximate surface area is 113 Å². The van der Waals surface area contributed by atoms with Crippen molar-refractivity contribution in [3.63, 3.8) is 0 Å². The van der Waals surface area contributed by atoms with Gasteiger partial charge in [-0.25, -0.2) is 0 Å². The molecule has 0 aliphatic heterocycles. The van der Waals surface area contributed by atoms with Crippen LogP contribution in [0.4, 0.5) is 0 Å². The van der Waals surface area contributed by atoms with Gasteiger partial charge in [0.2, 0.25) is 5.78 Å². The van der Waals surface area contributed by atoms with Crippen molar-refractivity contribution >= 4 is 17.4 Å². The number of hydrogen-bond donors (Lipinski definition) is 0. The quantitative estimate of drug-likeness (QED) is 0.745. The molecule has 0 N–H and O–H groups in total. The summed E-state index contributed by atoms with van der Waals surface area (Å²) < 4.78 is 7.26. The summed E-state index contributed by atoms with van der Waals surface area (Å²) in [5, 5.41) is 4.54. The standard InChI is InChI=1S/C13H21ClN2O2/c1-6-13(5,18-7-2)12(17)11-10(14)8-15-16(11)9(3)4/h8-9H,6-7H2,1-5H3. The minimum Gasteiger partial charge on any atom is -0.367 e. The normalized spacial score (nSPS) is 14.8. The fraction of sp³-hybridized carbons (Fsp3) is 0.692. The highest BCUT2D eigenvalue weighted by Gasteiger charge is 2.36. The molecule has 1 aromatic rings. The lowest BCUT2D eigenvalue weighted by molar-refractivity contribution is -0.0124. The highest BCUT2D eigenvalue weighted by atomic mass is 35.5. The van der Waals surface area contributed by atoms with E-state index in [0.717, 1.165) is 0 Å². The molecule has 1 heterocycles. The topological polar surface area (TPSA) is 44.1 Å². The van der Waals surface area contributed by atoms with Crippen molar-refractivity contribution in [1.82, 2.24) is 9.78 Å². The number of aromatic nitrogens is 2. The van der Waals surface area contributed by atoms with Gasteiger partial charge in [0.15, 0.2) is 0 Å². The lowest BCUT2D eigenvalue weighted by Gasteiger charge is -2.27. The van der Waals surface area contributed by atoms with Crippen LogP contribution in [0.1, 0.15) is 57.6 Å². The Hall–Kier alpha value is -0.870. The van der Waals surface area contributed by atoms with Crippen molar-refractivity contribution in [2.24, 2.45) is 0 Å². The monoisotopic (exact) mass is 272 g/mol. The van der Waals surface area contributed by atoms with Crippen LogP contribution in [0.5, 0.6) is 0 Å². The highest BCUT2D eigenvalue weighted by molar-refractivity contribution is 6.34. The maximum Gasteiger partial charge on any atom is 0.213 e. The molecule has 0 fully saturated rings. The van der Waals surface area contributed by atoms with Crippen LogP contribution in [0.2, 0.25) is 5.02 Å². The zero-order chi connectivity index (χ0) is 13.9. The van der Waals surface area contributed by atoms with Crippen molar-refractivity contribution < 1.29 is 9.53 Å². The van der Waals surface area contributed by atoms with E-state index in [1.54, 1.807) is 11.6 Å². The second kappa shape index (κ2) is 5.85. The number of carbonyl (C=O) groups excluding carboxylic acids is 1. The van der Waals surface area contributed by atoms with E-state index in [1.807, 2.05) is 27.7 Å². The number of ether oxygens (including phenoxy) is 1. The van der Waals surface area contributed by atoms with Gasteiger partial charge in [0.25, 0.3) is 0 Å². The van der Waals surface area contributed by atoms with E-state index in [2.05, 4.69) is 5.10 Å². The molecule has 0 aliphatic rings. The van der Waals surface area contributed by atoms with Gasteiger partial charge >= 0.3 is 0 Å². The molecule has 0 spiro atoms. The van der Waals surface area contributed by atoms with Crippen LogP contribution in [-0.4, -0.2) is 27.8 Å². The number of carbonyl (C=O) groups is 1. The Kier molecular flexibility index (Phi) is 4.93. The fourth-order valence-electron chi connectivity index (χ4n) is 1.84. The molecule has 1 aromatic heterocycles. The first kappa shape index (κ1) is 15.2. The van der Waals surface area contributed by atoms with Gasteiger partial charge < -0.3 is 4.74 Å². The maximum atomic E-state index is 12.6. The zero-order valence-corrected chi connectivity index (χ0v) is 12.4. The molecule has 0 bridgehead atoms. The Balaban J connectivity index is 3.21. The Morgan fingerprint density at radius 2 is 2.17 bits per heavy atom. The molecule has 0 aliphatic carbocycles. The van der Waals surface area contributed by atoms with Crippen molar-refractivity contribution in [2.75, 3.05) is 6.61 Å². The van der Waals surface area contributed by atoms with Crippen LogP contribution in [-0.2, 0) is 4.74 Å². The van der Waals surface area contributed by atoms with E-state index in [-0.39, 0.29) is 11.8 Å². The third-order valence-corrected chi connectivity index (χ3v) is 3.35. The predicted molar refractivity (Wildman–Crippen MR) is 72.3 cm³/mol. The first-order valence-electron chi connectivity index (χ1n) is 6.29. The number of ketones is 1. The van der Waals surface area contributed by atoms with Gasteiger partial charge in [-0.1, -0.05) is 18.5 Å². The molecular formula is C13H21ClN2O2. The van der Waals surface area contributed by atoms with E-state index in [9.17, 15) is 4.79 Å². The van der Waals surface area contributed by atoms with Crippen LogP contribution in [0.15, 0.2) is 6.20 Å². The lowest BCUT2D eigenvalue weighted by atomic mass is 9.94. The lowest BCUT2D eigenvalue weighted by Crippen LogP contribution is -2.39. The average molecular weight is 273 g/mol. The van der Waals surface area contributed by atoms with Gasteiger partial charge in [-0.15, -0.1) is 0 Å². The third-order valence-electron chi connectivity index (χ3n) is 3.07. The van der Waals surface area contributed by atoms with Crippen LogP contribution in [0.3, 0.4) is 0 Å². The summed E-state index contributed by atoms with van der Waals surface area (Å²) >= 11 is 6.09. The van der Waals surface area contributed by atoms with Crippen molar-refractivity contribution in [1.29, 1.82) is 0 Å². The summed E-state index contributed by atoms with van der Waals surface area (Å²) in [6.45, 7) is 10.0. The van der Waals surface area contributed by atoms with E-state index in [1.165, 1.54) is 6.20 Å². The number of halogens is 1. The van der Waals surface area contributed by atoms with E-state index >= 15 is 0 Å². The summed E-state index contributed by atoms with van der Waals surface area (Å²) in [6, 6.07) is 0.0826. The summed E-state index contributed by atoms with van der Waals surface area (Å²) in [7, 11) is 0. The van der Waals surface area contributed by atoms with E-state index in [0.29, 0.717) is 23.7 Å². The van der Waals surface area contributed by atoms with Crippen molar-refractivity contribution in [3.8, 4) is 0 Å². The first-order chi connectivity index (χ1) is 8.37. The minimum absolute atomic E-state index is 0.0826. The van der Waals surface area contributed by atoms with Gasteiger partial charge in [-0.05, 0) is 34.1 Å². The Morgan fingerprint density at radius 3 is 2.61 bits per heavy atom. The van der Waals surface area contributed by atoms with Crippen molar-refractivity contribution in [2.45, 2.75) is 52.7 Å². The van der Waals surface area contributed by atoms with E-state index in [4.69, 9.17) is 16.3 Å². The molecule has 102 valence electrons. The summed E-state index contributed by atoms with van der Waals surface area (Å²) in [6.07, 6.45) is 2.11. The average Bonchev–Trinajstić information content (AvgIpc) is 2.70. The molecular weight excluding hydrogens is 252 g/mol. The van der Waals surface area contributed by atoms with Crippen molar-refractivity contribution in [3.05, 3.63) is 16.9 Å². The highest BCUT2D eigenvalue weighted by Crippen LogP contribution is 2.27. The second-order valence-corrected chi connectivity index (χ2v) is 5.13. The van der Waals surface area contributed by atoms with Crippen LogP contribution in [0, 0.1) is 0 Å². The molecule has 0 saturated heterocycles. The molecule has 0 radical (unpaired) electrons. The summed E-state index contributed by atoms with van der Waals surface area (Å²) in [5.74, 6) is -0.108. The molecule has 1 atom stereocenters. The van der Waals surface area contributed by atoms with Crippen LogP contribution in [0.25, 0.3) is 0 Å². The van der Waals surface area contributed by atoms with E-state index < -0.39 is 5.60 Å². The number of nitrogens with zero attached hydrogens (tertiary/aromatic N) is 2. The Bertz CT molecular complexity index is 429.